The number of hydrogen-bond acceptors (Lipinski definition) is 3. The van der Waals surface area contributed by atoms with E-state index in [9.17, 15) is 4.79 Å². The Labute approximate surface area is 137 Å². The molecular weight excluding hydrogens is 288 g/mol. The lowest BCUT2D eigenvalue weighted by Gasteiger charge is -2.34. The number of carbonyl (C=O) groups is 1. The molecule has 2 aromatic rings. The summed E-state index contributed by atoms with van der Waals surface area (Å²) in [6.07, 6.45) is 6.06. The van der Waals surface area contributed by atoms with Gasteiger partial charge >= 0.3 is 0 Å². The molecule has 2 heterocycles. The van der Waals surface area contributed by atoms with Crippen molar-refractivity contribution in [3.63, 3.8) is 0 Å². The monoisotopic (exact) mass is 312 g/mol. The summed E-state index contributed by atoms with van der Waals surface area (Å²) in [5, 5.41) is 6.70. The molecule has 1 fully saturated rings. The summed E-state index contributed by atoms with van der Waals surface area (Å²) >= 11 is 0. The van der Waals surface area contributed by atoms with Crippen LogP contribution in [0.3, 0.4) is 0 Å². The molecule has 1 aliphatic rings. The average molecular weight is 312 g/mol. The number of rotatable bonds is 6. The van der Waals surface area contributed by atoms with Gasteiger partial charge in [0.2, 0.25) is 5.91 Å². The number of aromatic amines is 1. The zero-order valence-corrected chi connectivity index (χ0v) is 13.4. The van der Waals surface area contributed by atoms with E-state index in [1.165, 1.54) is 5.56 Å². The van der Waals surface area contributed by atoms with Gasteiger partial charge in [-0.25, -0.2) is 0 Å². The second-order valence-corrected chi connectivity index (χ2v) is 6.06. The van der Waals surface area contributed by atoms with Crippen LogP contribution in [0, 0.1) is 0 Å². The summed E-state index contributed by atoms with van der Waals surface area (Å²) in [5.74, 6) is 0.258. The molecule has 1 aromatic carbocycles. The zero-order valence-electron chi connectivity index (χ0n) is 13.4. The number of aryl methyl sites for hydroxylation is 1. The molecule has 0 aliphatic carbocycles. The van der Waals surface area contributed by atoms with Crippen LogP contribution in [-0.2, 0) is 17.6 Å². The van der Waals surface area contributed by atoms with Crippen LogP contribution in [0.2, 0.25) is 0 Å². The Hall–Kier alpha value is -2.14. The smallest absolute Gasteiger partial charge is 0.222 e. The van der Waals surface area contributed by atoms with Crippen molar-refractivity contribution in [3.05, 3.63) is 53.9 Å². The molecular formula is C18H24N4O. The van der Waals surface area contributed by atoms with Crippen molar-refractivity contribution in [2.24, 2.45) is 0 Å². The number of piperazine rings is 1. The minimum absolute atomic E-state index is 0.258. The van der Waals surface area contributed by atoms with Crippen LogP contribution in [-0.4, -0.2) is 58.6 Å². The highest BCUT2D eigenvalue weighted by molar-refractivity contribution is 5.76. The topological polar surface area (TPSA) is 52.2 Å². The van der Waals surface area contributed by atoms with Crippen LogP contribution in [0.4, 0.5) is 0 Å². The quantitative estimate of drug-likeness (QED) is 0.884. The fourth-order valence-corrected chi connectivity index (χ4v) is 2.98. The summed E-state index contributed by atoms with van der Waals surface area (Å²) in [7, 11) is 0. The van der Waals surface area contributed by atoms with Crippen LogP contribution in [0.15, 0.2) is 42.7 Å². The molecule has 0 spiro atoms. The van der Waals surface area contributed by atoms with Crippen molar-refractivity contribution in [1.29, 1.82) is 0 Å². The molecule has 0 radical (unpaired) electrons. The molecule has 1 aromatic heterocycles. The third-order valence-corrected chi connectivity index (χ3v) is 4.47. The Morgan fingerprint density at radius 2 is 1.83 bits per heavy atom. The van der Waals surface area contributed by atoms with Crippen LogP contribution >= 0.6 is 0 Å². The molecule has 122 valence electrons. The predicted octanol–water partition coefficient (Wildman–Crippen LogP) is 1.73. The lowest BCUT2D eigenvalue weighted by molar-refractivity contribution is -0.132. The largest absolute Gasteiger partial charge is 0.340 e. The Bertz CT molecular complexity index is 589. The maximum absolute atomic E-state index is 12.3. The van der Waals surface area contributed by atoms with Gasteiger partial charge in [0.15, 0.2) is 0 Å². The fourth-order valence-electron chi connectivity index (χ4n) is 2.98. The van der Waals surface area contributed by atoms with Gasteiger partial charge in [0, 0.05) is 45.3 Å². The number of nitrogens with one attached hydrogen (secondary N) is 1. The van der Waals surface area contributed by atoms with Crippen molar-refractivity contribution in [2.45, 2.75) is 19.3 Å². The number of H-pyrrole nitrogens is 1. The number of nitrogens with zero attached hydrogens (tertiary/aromatic N) is 3. The normalized spacial score (nSPS) is 15.7. The van der Waals surface area contributed by atoms with Gasteiger partial charge in [0.25, 0.3) is 0 Å². The first-order valence-electron chi connectivity index (χ1n) is 8.33. The highest BCUT2D eigenvalue weighted by Crippen LogP contribution is 2.08. The molecule has 0 unspecified atom stereocenters. The molecule has 1 amide bonds. The second-order valence-electron chi connectivity index (χ2n) is 6.06. The molecule has 1 N–H and O–H groups in total. The van der Waals surface area contributed by atoms with Crippen molar-refractivity contribution < 1.29 is 4.79 Å². The van der Waals surface area contributed by atoms with E-state index in [0.717, 1.165) is 51.1 Å². The highest BCUT2D eigenvalue weighted by Gasteiger charge is 2.20. The number of amides is 1. The van der Waals surface area contributed by atoms with Gasteiger partial charge in [0.05, 0.1) is 6.20 Å². The Morgan fingerprint density at radius 1 is 1.04 bits per heavy atom. The fraction of sp³-hybridized carbons (Fsp3) is 0.444. The van der Waals surface area contributed by atoms with Crippen LogP contribution < -0.4 is 0 Å². The van der Waals surface area contributed by atoms with Crippen molar-refractivity contribution >= 4 is 5.91 Å². The summed E-state index contributed by atoms with van der Waals surface area (Å²) in [6, 6.07) is 10.6. The first kappa shape index (κ1) is 15.7. The number of hydrogen-bond donors (Lipinski definition) is 1. The van der Waals surface area contributed by atoms with Gasteiger partial charge in [-0.2, -0.15) is 5.10 Å². The maximum atomic E-state index is 12.3. The van der Waals surface area contributed by atoms with Crippen LogP contribution in [0.5, 0.6) is 0 Å². The third-order valence-electron chi connectivity index (χ3n) is 4.47. The molecule has 5 nitrogen and oxygen atoms in total. The van der Waals surface area contributed by atoms with E-state index in [4.69, 9.17) is 0 Å². The maximum Gasteiger partial charge on any atom is 0.222 e. The first-order valence-corrected chi connectivity index (χ1v) is 8.33. The van der Waals surface area contributed by atoms with Crippen LogP contribution in [0.25, 0.3) is 0 Å². The number of benzene rings is 1. The minimum atomic E-state index is 0.258. The van der Waals surface area contributed by atoms with Crippen molar-refractivity contribution in [3.8, 4) is 0 Å². The predicted molar refractivity (Wildman–Crippen MR) is 90.1 cm³/mol. The lowest BCUT2D eigenvalue weighted by atomic mass is 10.1. The summed E-state index contributed by atoms with van der Waals surface area (Å²) in [4.78, 5) is 16.7. The Balaban J connectivity index is 1.37. The zero-order chi connectivity index (χ0) is 15.9. The number of aromatic nitrogens is 2. The van der Waals surface area contributed by atoms with Gasteiger partial charge in [-0.3, -0.25) is 14.8 Å². The van der Waals surface area contributed by atoms with Gasteiger partial charge in [0.1, 0.15) is 0 Å². The molecule has 1 saturated heterocycles. The summed E-state index contributed by atoms with van der Waals surface area (Å²) < 4.78 is 0. The molecule has 23 heavy (non-hydrogen) atoms. The molecule has 5 heteroatoms. The second kappa shape index (κ2) is 7.92. The van der Waals surface area contributed by atoms with Crippen LogP contribution in [0.1, 0.15) is 17.5 Å². The van der Waals surface area contributed by atoms with Gasteiger partial charge in [-0.1, -0.05) is 30.3 Å². The summed E-state index contributed by atoms with van der Waals surface area (Å²) in [5.41, 5.74) is 2.48. The first-order chi connectivity index (χ1) is 11.3. The molecule has 0 saturated carbocycles. The van der Waals surface area contributed by atoms with Gasteiger partial charge < -0.3 is 4.90 Å². The van der Waals surface area contributed by atoms with Gasteiger partial charge in [-0.05, 0) is 24.0 Å². The molecule has 3 rings (SSSR count). The molecule has 0 bridgehead atoms. The summed E-state index contributed by atoms with van der Waals surface area (Å²) in [6.45, 7) is 4.72. The minimum Gasteiger partial charge on any atom is -0.340 e. The highest BCUT2D eigenvalue weighted by atomic mass is 16.2. The van der Waals surface area contributed by atoms with Crippen molar-refractivity contribution in [1.82, 2.24) is 20.0 Å². The van der Waals surface area contributed by atoms with Crippen molar-refractivity contribution in [2.75, 3.05) is 32.7 Å². The molecule has 0 atom stereocenters. The SMILES string of the molecule is O=C(CCc1cn[nH]c1)N1CCN(CCc2ccccc2)CC1. The van der Waals surface area contributed by atoms with E-state index in [-0.39, 0.29) is 5.91 Å². The van der Waals surface area contributed by atoms with E-state index < -0.39 is 0 Å². The third kappa shape index (κ3) is 4.66. The van der Waals surface area contributed by atoms with E-state index in [1.54, 1.807) is 6.20 Å². The van der Waals surface area contributed by atoms with E-state index >= 15 is 0 Å². The lowest BCUT2D eigenvalue weighted by Crippen LogP contribution is -2.49. The Kier molecular flexibility index (Phi) is 5.42. The van der Waals surface area contributed by atoms with E-state index in [2.05, 4.69) is 45.4 Å². The standard InChI is InChI=1S/C18H24N4O/c23-18(7-6-17-14-19-20-15-17)22-12-10-21(11-13-22)9-8-16-4-2-1-3-5-16/h1-5,14-15H,6-13H2,(H,19,20). The van der Waals surface area contributed by atoms with E-state index in [0.29, 0.717) is 6.42 Å². The Morgan fingerprint density at radius 3 is 2.52 bits per heavy atom. The van der Waals surface area contributed by atoms with E-state index in [1.807, 2.05) is 11.1 Å². The molecule has 1 aliphatic heterocycles. The average Bonchev–Trinajstić information content (AvgIpc) is 3.13. The van der Waals surface area contributed by atoms with Gasteiger partial charge in [-0.15, -0.1) is 0 Å². The number of carbonyl (C=O) groups excluding carboxylic acids is 1.